The van der Waals surface area contributed by atoms with Crippen molar-refractivity contribution >= 4 is 39.1 Å². The van der Waals surface area contributed by atoms with Gasteiger partial charge in [-0.15, -0.1) is 11.3 Å². The summed E-state index contributed by atoms with van der Waals surface area (Å²) in [5.41, 5.74) is 0. The number of nitrogens with one attached hydrogen (secondary N) is 1. The van der Waals surface area contributed by atoms with Gasteiger partial charge in [0.1, 0.15) is 6.04 Å². The third kappa shape index (κ3) is 4.39. The average Bonchev–Trinajstić information content (AvgIpc) is 2.63. The third-order valence-corrected chi connectivity index (χ3v) is 3.44. The Balaban J connectivity index is 2.67. The first kappa shape index (κ1) is 14.0. The molecule has 0 aromatic carbocycles. The molecule has 0 saturated carbocycles. The maximum absolute atomic E-state index is 12.1. The van der Waals surface area contributed by atoms with Crippen LogP contribution in [0.1, 0.15) is 16.1 Å². The molecule has 0 saturated heterocycles. The quantitative estimate of drug-likeness (QED) is 0.872. The van der Waals surface area contributed by atoms with Crippen LogP contribution in [0, 0.1) is 0 Å². The van der Waals surface area contributed by atoms with Crippen molar-refractivity contribution in [2.45, 2.75) is 18.9 Å². The van der Waals surface area contributed by atoms with Gasteiger partial charge in [0, 0.05) is 6.42 Å². The van der Waals surface area contributed by atoms with Crippen LogP contribution >= 0.6 is 27.3 Å². The SMILES string of the molecule is O=C(NC(CC(F)F)C(=O)O)c1ccc(Br)s1. The normalized spacial score (nSPS) is 12.5. The smallest absolute Gasteiger partial charge is 0.326 e. The van der Waals surface area contributed by atoms with Gasteiger partial charge in [-0.1, -0.05) is 0 Å². The minimum absolute atomic E-state index is 0.261. The zero-order valence-corrected chi connectivity index (χ0v) is 10.7. The molecule has 8 heteroatoms. The lowest BCUT2D eigenvalue weighted by atomic mass is 10.2. The Morgan fingerprint density at radius 1 is 1.47 bits per heavy atom. The standard InChI is InChI=1S/C9H8BrF2NO3S/c10-6-2-1-5(17-6)8(14)13-4(9(15)16)3-7(11)12/h1-2,4,7H,3H2,(H,13,14)(H,15,16). The van der Waals surface area contributed by atoms with Gasteiger partial charge in [0.25, 0.3) is 5.91 Å². The second kappa shape index (κ2) is 6.06. The number of hydrogen-bond donors (Lipinski definition) is 2. The molecule has 1 heterocycles. The lowest BCUT2D eigenvalue weighted by Crippen LogP contribution is -2.41. The largest absolute Gasteiger partial charge is 0.480 e. The zero-order valence-electron chi connectivity index (χ0n) is 8.32. The summed E-state index contributed by atoms with van der Waals surface area (Å²) in [6.45, 7) is 0. The minimum atomic E-state index is -2.79. The van der Waals surface area contributed by atoms with Gasteiger partial charge in [0.15, 0.2) is 0 Å². The molecule has 0 spiro atoms. The van der Waals surface area contributed by atoms with E-state index >= 15 is 0 Å². The van der Waals surface area contributed by atoms with E-state index in [2.05, 4.69) is 15.9 Å². The van der Waals surface area contributed by atoms with Crippen LogP contribution in [-0.4, -0.2) is 29.5 Å². The fraction of sp³-hybridized carbons (Fsp3) is 0.333. The summed E-state index contributed by atoms with van der Waals surface area (Å²) < 4.78 is 24.9. The lowest BCUT2D eigenvalue weighted by Gasteiger charge is -2.12. The summed E-state index contributed by atoms with van der Waals surface area (Å²) in [4.78, 5) is 22.4. The van der Waals surface area contributed by atoms with E-state index in [1.165, 1.54) is 6.07 Å². The molecule has 94 valence electrons. The van der Waals surface area contributed by atoms with Crippen molar-refractivity contribution in [3.63, 3.8) is 0 Å². The first-order valence-corrected chi connectivity index (χ1v) is 6.08. The van der Waals surface area contributed by atoms with Crippen molar-refractivity contribution in [3.05, 3.63) is 20.8 Å². The van der Waals surface area contributed by atoms with E-state index in [1.54, 1.807) is 6.07 Å². The molecule has 1 atom stereocenters. The molecule has 0 aliphatic carbocycles. The van der Waals surface area contributed by atoms with Crippen LogP contribution < -0.4 is 5.32 Å². The predicted molar refractivity (Wildman–Crippen MR) is 61.5 cm³/mol. The van der Waals surface area contributed by atoms with E-state index in [0.717, 1.165) is 11.3 Å². The Bertz CT molecular complexity index is 424. The Hall–Kier alpha value is -1.02. The van der Waals surface area contributed by atoms with Crippen molar-refractivity contribution in [2.75, 3.05) is 0 Å². The van der Waals surface area contributed by atoms with Crippen LogP contribution in [0.3, 0.4) is 0 Å². The molecule has 0 fully saturated rings. The van der Waals surface area contributed by atoms with Crippen molar-refractivity contribution in [3.8, 4) is 0 Å². The molecule has 0 radical (unpaired) electrons. The molecule has 1 aromatic heterocycles. The summed E-state index contributed by atoms with van der Waals surface area (Å²) in [6, 6.07) is 1.51. The molecule has 1 unspecified atom stereocenters. The van der Waals surface area contributed by atoms with Gasteiger partial charge in [-0.05, 0) is 28.1 Å². The fourth-order valence-corrected chi connectivity index (χ4v) is 2.35. The van der Waals surface area contributed by atoms with Crippen molar-refractivity contribution in [2.24, 2.45) is 0 Å². The van der Waals surface area contributed by atoms with E-state index < -0.39 is 30.8 Å². The van der Waals surface area contributed by atoms with Crippen molar-refractivity contribution in [1.82, 2.24) is 5.32 Å². The summed E-state index contributed by atoms with van der Waals surface area (Å²) in [7, 11) is 0. The highest BCUT2D eigenvalue weighted by molar-refractivity contribution is 9.11. The molecular formula is C9H8BrF2NO3S. The van der Waals surface area contributed by atoms with Gasteiger partial charge in [0.05, 0.1) is 8.66 Å². The summed E-state index contributed by atoms with van der Waals surface area (Å²) in [6.07, 6.45) is -3.69. The van der Waals surface area contributed by atoms with Crippen LogP contribution in [0.2, 0.25) is 0 Å². The highest BCUT2D eigenvalue weighted by atomic mass is 79.9. The van der Waals surface area contributed by atoms with Gasteiger partial charge in [-0.3, -0.25) is 4.79 Å². The van der Waals surface area contributed by atoms with Crippen molar-refractivity contribution < 1.29 is 23.5 Å². The molecular weight excluding hydrogens is 320 g/mol. The van der Waals surface area contributed by atoms with E-state index in [0.29, 0.717) is 3.79 Å². The number of thiophene rings is 1. The van der Waals surface area contributed by atoms with Crippen LogP contribution in [0.15, 0.2) is 15.9 Å². The minimum Gasteiger partial charge on any atom is -0.480 e. The number of hydrogen-bond acceptors (Lipinski definition) is 3. The third-order valence-electron chi connectivity index (χ3n) is 1.81. The zero-order chi connectivity index (χ0) is 13.0. The number of aliphatic carboxylic acids is 1. The highest BCUT2D eigenvalue weighted by Crippen LogP contribution is 2.22. The molecule has 1 amide bonds. The van der Waals surface area contributed by atoms with Gasteiger partial charge in [-0.25, -0.2) is 13.6 Å². The predicted octanol–water partition coefficient (Wildman–Crippen LogP) is 2.35. The molecule has 4 nitrogen and oxygen atoms in total. The number of carboxylic acid groups (broad SMARTS) is 1. The molecule has 0 bridgehead atoms. The monoisotopic (exact) mass is 327 g/mol. The second-order valence-electron chi connectivity index (χ2n) is 3.09. The summed E-state index contributed by atoms with van der Waals surface area (Å²) in [5.74, 6) is -2.15. The molecule has 0 aliphatic rings. The van der Waals surface area contributed by atoms with Gasteiger partial charge in [-0.2, -0.15) is 0 Å². The van der Waals surface area contributed by atoms with E-state index in [1.807, 2.05) is 5.32 Å². The first-order valence-electron chi connectivity index (χ1n) is 4.47. The number of carboxylic acids is 1. The van der Waals surface area contributed by atoms with Gasteiger partial charge < -0.3 is 10.4 Å². The Morgan fingerprint density at radius 2 is 2.12 bits per heavy atom. The topological polar surface area (TPSA) is 66.4 Å². The number of carbonyl (C=O) groups excluding carboxylic acids is 1. The number of rotatable bonds is 5. The van der Waals surface area contributed by atoms with Crippen LogP contribution in [0.25, 0.3) is 0 Å². The summed E-state index contributed by atoms with van der Waals surface area (Å²) in [5, 5.41) is 10.7. The Kier molecular flexibility index (Phi) is 5.01. The van der Waals surface area contributed by atoms with Crippen molar-refractivity contribution in [1.29, 1.82) is 0 Å². The fourth-order valence-electron chi connectivity index (χ4n) is 1.07. The van der Waals surface area contributed by atoms with Crippen LogP contribution in [-0.2, 0) is 4.79 Å². The highest BCUT2D eigenvalue weighted by Gasteiger charge is 2.24. The molecule has 1 rings (SSSR count). The van der Waals surface area contributed by atoms with E-state index in [-0.39, 0.29) is 4.88 Å². The lowest BCUT2D eigenvalue weighted by molar-refractivity contribution is -0.140. The molecule has 1 aromatic rings. The number of amides is 1. The number of carbonyl (C=O) groups is 2. The number of alkyl halides is 2. The molecule has 17 heavy (non-hydrogen) atoms. The first-order chi connectivity index (χ1) is 7.90. The van der Waals surface area contributed by atoms with E-state index in [4.69, 9.17) is 5.11 Å². The average molecular weight is 328 g/mol. The summed E-state index contributed by atoms with van der Waals surface area (Å²) >= 11 is 4.23. The maximum atomic E-state index is 12.1. The second-order valence-corrected chi connectivity index (χ2v) is 5.56. The Labute approximate surface area is 108 Å². The number of halogens is 3. The van der Waals surface area contributed by atoms with Gasteiger partial charge in [0.2, 0.25) is 6.43 Å². The molecule has 2 N–H and O–H groups in total. The van der Waals surface area contributed by atoms with Crippen LogP contribution in [0.4, 0.5) is 8.78 Å². The molecule has 0 aliphatic heterocycles. The van der Waals surface area contributed by atoms with Gasteiger partial charge >= 0.3 is 5.97 Å². The van der Waals surface area contributed by atoms with Crippen LogP contribution in [0.5, 0.6) is 0 Å². The Morgan fingerprint density at radius 3 is 2.53 bits per heavy atom. The maximum Gasteiger partial charge on any atom is 0.326 e. The van der Waals surface area contributed by atoms with E-state index in [9.17, 15) is 18.4 Å².